The Balaban J connectivity index is 3.14. The highest BCUT2D eigenvalue weighted by molar-refractivity contribution is 9.11. The van der Waals surface area contributed by atoms with E-state index in [1.54, 1.807) is 0 Å². The van der Waals surface area contributed by atoms with Crippen molar-refractivity contribution in [1.82, 2.24) is 5.43 Å². The molecule has 6 heteroatoms. The van der Waals surface area contributed by atoms with Crippen LogP contribution in [0.15, 0.2) is 32.1 Å². The first-order valence-electron chi connectivity index (χ1n) is 3.40. The lowest BCUT2D eigenvalue weighted by Gasteiger charge is -2.02. The quantitative estimate of drug-likeness (QED) is 0.319. The number of hydrogen-bond donors (Lipinski definition) is 3. The van der Waals surface area contributed by atoms with E-state index in [1.165, 1.54) is 0 Å². The van der Waals surface area contributed by atoms with Crippen molar-refractivity contribution in [1.29, 1.82) is 0 Å². The third kappa shape index (κ3) is 2.68. The molecule has 0 atom stereocenters. The number of guanidine groups is 1. The highest BCUT2D eigenvalue weighted by Crippen LogP contribution is 2.32. The van der Waals surface area contributed by atoms with E-state index in [0.717, 1.165) is 8.95 Å². The maximum atomic E-state index is 5.41. The van der Waals surface area contributed by atoms with Crippen molar-refractivity contribution in [2.24, 2.45) is 16.6 Å². The third-order valence-corrected chi connectivity index (χ3v) is 2.60. The van der Waals surface area contributed by atoms with Crippen LogP contribution in [0.5, 0.6) is 0 Å². The van der Waals surface area contributed by atoms with Crippen LogP contribution in [0.2, 0.25) is 0 Å². The van der Waals surface area contributed by atoms with E-state index in [-0.39, 0.29) is 5.96 Å². The van der Waals surface area contributed by atoms with Crippen LogP contribution in [-0.2, 0) is 0 Å². The first kappa shape index (κ1) is 10.5. The molecule has 0 aromatic heterocycles. The molecule has 5 N–H and O–H groups in total. The maximum absolute atomic E-state index is 5.41. The second-order valence-corrected chi connectivity index (χ2v) is 3.92. The average molecular weight is 308 g/mol. The summed E-state index contributed by atoms with van der Waals surface area (Å²) in [6.45, 7) is 0. The molecule has 0 radical (unpaired) electrons. The van der Waals surface area contributed by atoms with E-state index in [1.807, 2.05) is 18.2 Å². The van der Waals surface area contributed by atoms with E-state index >= 15 is 0 Å². The number of rotatable bonds is 1. The Kier molecular flexibility index (Phi) is 3.71. The van der Waals surface area contributed by atoms with Gasteiger partial charge < -0.3 is 5.73 Å². The van der Waals surface area contributed by atoms with Crippen LogP contribution in [0.4, 0.5) is 5.69 Å². The first-order valence-corrected chi connectivity index (χ1v) is 4.98. The number of aliphatic imine (C=N–C) groups is 1. The summed E-state index contributed by atoms with van der Waals surface area (Å²) in [6, 6.07) is 5.63. The Hall–Kier alpha value is -0.590. The Morgan fingerprint density at radius 1 is 1.31 bits per heavy atom. The normalized spacial score (nSPS) is 11.5. The fraction of sp³-hybridized carbons (Fsp3) is 0. The summed E-state index contributed by atoms with van der Waals surface area (Å²) in [6.07, 6.45) is 0. The van der Waals surface area contributed by atoms with Gasteiger partial charge in [-0.25, -0.2) is 10.8 Å². The molecule has 0 saturated heterocycles. The average Bonchev–Trinajstić information content (AvgIpc) is 2.11. The van der Waals surface area contributed by atoms with Crippen LogP contribution in [0.25, 0.3) is 0 Å². The summed E-state index contributed by atoms with van der Waals surface area (Å²) in [5.74, 6) is 5.24. The highest BCUT2D eigenvalue weighted by atomic mass is 79.9. The van der Waals surface area contributed by atoms with Gasteiger partial charge in [0, 0.05) is 8.95 Å². The number of hydrazine groups is 1. The van der Waals surface area contributed by atoms with Gasteiger partial charge in [0.05, 0.1) is 5.69 Å². The smallest absolute Gasteiger partial charge is 0.208 e. The zero-order valence-electron chi connectivity index (χ0n) is 6.59. The van der Waals surface area contributed by atoms with Gasteiger partial charge >= 0.3 is 0 Å². The number of benzene rings is 1. The van der Waals surface area contributed by atoms with Crippen molar-refractivity contribution in [2.45, 2.75) is 0 Å². The Morgan fingerprint density at radius 2 is 1.85 bits per heavy atom. The predicted molar refractivity (Wildman–Crippen MR) is 60.4 cm³/mol. The SMILES string of the molecule is NNC(N)=Nc1c(Br)cccc1Br. The first-order chi connectivity index (χ1) is 6.15. The van der Waals surface area contributed by atoms with Gasteiger partial charge in [0.25, 0.3) is 0 Å². The molecule has 4 nitrogen and oxygen atoms in total. The molecule has 70 valence electrons. The third-order valence-electron chi connectivity index (χ3n) is 1.32. The molecule has 1 rings (SSSR count). The number of para-hydroxylation sites is 1. The van der Waals surface area contributed by atoms with Crippen LogP contribution in [0.1, 0.15) is 0 Å². The molecule has 0 heterocycles. The van der Waals surface area contributed by atoms with Crippen molar-refractivity contribution in [2.75, 3.05) is 0 Å². The monoisotopic (exact) mass is 306 g/mol. The number of nitrogens with one attached hydrogen (secondary N) is 1. The van der Waals surface area contributed by atoms with E-state index in [0.29, 0.717) is 5.69 Å². The standard InChI is InChI=1S/C7H8Br2N4/c8-4-2-1-3-5(9)6(4)12-7(10)13-11/h1-3H,11H2,(H3,10,12,13). The van der Waals surface area contributed by atoms with Crippen LogP contribution in [0.3, 0.4) is 0 Å². The lowest BCUT2D eigenvalue weighted by Crippen LogP contribution is -2.36. The number of nitrogens with two attached hydrogens (primary N) is 2. The molecule has 1 aromatic rings. The van der Waals surface area contributed by atoms with Crippen molar-refractivity contribution in [3.63, 3.8) is 0 Å². The predicted octanol–water partition coefficient (Wildman–Crippen LogP) is 1.62. The van der Waals surface area contributed by atoms with Crippen molar-refractivity contribution in [3.05, 3.63) is 27.1 Å². The number of nitrogens with zero attached hydrogens (tertiary/aromatic N) is 1. The zero-order valence-corrected chi connectivity index (χ0v) is 9.76. The van der Waals surface area contributed by atoms with Crippen molar-refractivity contribution in [3.8, 4) is 0 Å². The summed E-state index contributed by atoms with van der Waals surface area (Å²) >= 11 is 6.69. The molecule has 0 amide bonds. The van der Waals surface area contributed by atoms with Gasteiger partial charge in [-0.2, -0.15) is 0 Å². The topological polar surface area (TPSA) is 76.4 Å². The van der Waals surface area contributed by atoms with E-state index in [2.05, 4.69) is 42.3 Å². The summed E-state index contributed by atoms with van der Waals surface area (Å²) in [5.41, 5.74) is 8.38. The lowest BCUT2D eigenvalue weighted by molar-refractivity contribution is 1.01. The van der Waals surface area contributed by atoms with Crippen molar-refractivity contribution < 1.29 is 0 Å². The van der Waals surface area contributed by atoms with Gasteiger partial charge in [0.1, 0.15) is 0 Å². The fourth-order valence-electron chi connectivity index (χ4n) is 0.749. The second-order valence-electron chi connectivity index (χ2n) is 2.21. The van der Waals surface area contributed by atoms with Crippen LogP contribution in [0, 0.1) is 0 Å². The molecule has 0 bridgehead atoms. The highest BCUT2D eigenvalue weighted by Gasteiger charge is 2.02. The summed E-state index contributed by atoms with van der Waals surface area (Å²) in [5, 5.41) is 0. The molecular formula is C7H8Br2N4. The molecule has 0 aliphatic rings. The van der Waals surface area contributed by atoms with E-state index in [4.69, 9.17) is 11.6 Å². The zero-order chi connectivity index (χ0) is 9.84. The van der Waals surface area contributed by atoms with Gasteiger partial charge in [-0.3, -0.25) is 5.43 Å². The number of hydrogen-bond acceptors (Lipinski definition) is 2. The molecule has 0 saturated carbocycles. The van der Waals surface area contributed by atoms with Gasteiger partial charge in [0.2, 0.25) is 5.96 Å². The van der Waals surface area contributed by atoms with E-state index < -0.39 is 0 Å². The Bertz CT molecular complexity index is 317. The molecule has 13 heavy (non-hydrogen) atoms. The maximum Gasteiger partial charge on any atom is 0.208 e. The Morgan fingerprint density at radius 3 is 2.31 bits per heavy atom. The van der Waals surface area contributed by atoms with Crippen LogP contribution < -0.4 is 17.0 Å². The van der Waals surface area contributed by atoms with Gasteiger partial charge in [-0.1, -0.05) is 6.07 Å². The minimum atomic E-state index is 0.160. The van der Waals surface area contributed by atoms with E-state index in [9.17, 15) is 0 Å². The summed E-state index contributed by atoms with van der Waals surface area (Å²) in [7, 11) is 0. The molecular weight excluding hydrogens is 300 g/mol. The molecule has 0 fully saturated rings. The minimum Gasteiger partial charge on any atom is -0.369 e. The van der Waals surface area contributed by atoms with Gasteiger partial charge in [0.15, 0.2) is 0 Å². The minimum absolute atomic E-state index is 0.160. The summed E-state index contributed by atoms with van der Waals surface area (Å²) in [4.78, 5) is 4.04. The van der Waals surface area contributed by atoms with Crippen LogP contribution in [-0.4, -0.2) is 5.96 Å². The van der Waals surface area contributed by atoms with Crippen molar-refractivity contribution >= 4 is 43.5 Å². The largest absolute Gasteiger partial charge is 0.369 e. The molecule has 0 unspecified atom stereocenters. The second kappa shape index (κ2) is 4.59. The lowest BCUT2D eigenvalue weighted by atomic mass is 10.3. The number of halogens is 2. The molecule has 1 aromatic carbocycles. The molecule has 0 spiro atoms. The summed E-state index contributed by atoms with van der Waals surface area (Å²) < 4.78 is 1.69. The van der Waals surface area contributed by atoms with Gasteiger partial charge in [-0.05, 0) is 44.0 Å². The molecule has 0 aliphatic heterocycles. The van der Waals surface area contributed by atoms with Crippen LogP contribution >= 0.6 is 31.9 Å². The van der Waals surface area contributed by atoms with Gasteiger partial charge in [-0.15, -0.1) is 0 Å². The fourth-order valence-corrected chi connectivity index (χ4v) is 1.92. The molecule has 0 aliphatic carbocycles. The Labute approximate surface area is 92.6 Å².